The van der Waals surface area contributed by atoms with Crippen molar-refractivity contribution < 1.29 is 19.1 Å². The van der Waals surface area contributed by atoms with Crippen molar-refractivity contribution in [1.29, 1.82) is 0 Å². The molecule has 0 aliphatic rings. The first-order chi connectivity index (χ1) is 16.1. The number of hydrogen-bond acceptors (Lipinski definition) is 5. The van der Waals surface area contributed by atoms with Crippen molar-refractivity contribution in [2.45, 2.75) is 25.6 Å². The predicted octanol–water partition coefficient (Wildman–Crippen LogP) is 4.04. The molecule has 0 saturated heterocycles. The summed E-state index contributed by atoms with van der Waals surface area (Å²) in [6.07, 6.45) is 0.0426. The van der Waals surface area contributed by atoms with Gasteiger partial charge in [0.1, 0.15) is 24.7 Å². The average molecular weight is 444 g/mol. The van der Waals surface area contributed by atoms with Crippen LogP contribution in [0.2, 0.25) is 0 Å². The summed E-state index contributed by atoms with van der Waals surface area (Å²) in [4.78, 5) is 29.7. The minimum absolute atomic E-state index is 0.0402. The van der Waals surface area contributed by atoms with Crippen LogP contribution in [-0.2, 0) is 27.5 Å². The topological polar surface area (TPSA) is 82.5 Å². The first kappa shape index (κ1) is 22.1. The van der Waals surface area contributed by atoms with Gasteiger partial charge >= 0.3 is 5.97 Å². The van der Waals surface area contributed by atoms with Crippen LogP contribution in [0.3, 0.4) is 0 Å². The number of esters is 1. The van der Waals surface area contributed by atoms with Gasteiger partial charge in [-0.05, 0) is 29.8 Å². The van der Waals surface area contributed by atoms with Crippen LogP contribution in [0.15, 0.2) is 84.9 Å². The van der Waals surface area contributed by atoms with E-state index in [1.165, 1.54) is 7.11 Å². The number of fused-ring (bicyclic) bond motifs is 1. The number of amides is 1. The molecule has 1 amide bonds. The van der Waals surface area contributed by atoms with Gasteiger partial charge in [0, 0.05) is 0 Å². The SMILES string of the molecule is COC(=O)CC(NC(=O)Cn1c(COc2ccccc2)nc2ccccc21)c1ccccc1. The van der Waals surface area contributed by atoms with E-state index in [0.29, 0.717) is 5.82 Å². The van der Waals surface area contributed by atoms with Crippen molar-refractivity contribution in [1.82, 2.24) is 14.9 Å². The molecule has 7 nitrogen and oxygen atoms in total. The van der Waals surface area contributed by atoms with Crippen LogP contribution in [-0.4, -0.2) is 28.5 Å². The Kier molecular flexibility index (Phi) is 6.99. The zero-order chi connectivity index (χ0) is 23.0. The van der Waals surface area contributed by atoms with Gasteiger partial charge in [-0.2, -0.15) is 0 Å². The van der Waals surface area contributed by atoms with Gasteiger partial charge in [-0.1, -0.05) is 60.7 Å². The molecule has 1 heterocycles. The van der Waals surface area contributed by atoms with E-state index < -0.39 is 12.0 Å². The summed E-state index contributed by atoms with van der Waals surface area (Å²) in [5, 5.41) is 2.97. The number of para-hydroxylation sites is 3. The van der Waals surface area contributed by atoms with Crippen molar-refractivity contribution in [2.24, 2.45) is 0 Å². The maximum absolute atomic E-state index is 13.1. The Morgan fingerprint density at radius 1 is 0.939 bits per heavy atom. The maximum Gasteiger partial charge on any atom is 0.307 e. The number of imidazole rings is 1. The van der Waals surface area contributed by atoms with Gasteiger partial charge < -0.3 is 19.4 Å². The number of carbonyl (C=O) groups is 2. The second kappa shape index (κ2) is 10.5. The third-order valence-corrected chi connectivity index (χ3v) is 5.28. The van der Waals surface area contributed by atoms with Crippen LogP contribution in [0.5, 0.6) is 5.75 Å². The number of rotatable bonds is 9. The van der Waals surface area contributed by atoms with E-state index in [1.807, 2.05) is 89.5 Å². The molecule has 0 bridgehead atoms. The quantitative estimate of drug-likeness (QED) is 0.395. The van der Waals surface area contributed by atoms with Gasteiger partial charge in [0.25, 0.3) is 0 Å². The van der Waals surface area contributed by atoms with E-state index >= 15 is 0 Å². The van der Waals surface area contributed by atoms with Crippen LogP contribution < -0.4 is 10.1 Å². The van der Waals surface area contributed by atoms with E-state index in [9.17, 15) is 9.59 Å². The molecule has 4 aromatic rings. The average Bonchev–Trinajstić information content (AvgIpc) is 3.20. The van der Waals surface area contributed by atoms with E-state index in [4.69, 9.17) is 9.47 Å². The lowest BCUT2D eigenvalue weighted by Gasteiger charge is -2.19. The highest BCUT2D eigenvalue weighted by molar-refractivity contribution is 5.82. The smallest absolute Gasteiger partial charge is 0.307 e. The maximum atomic E-state index is 13.1. The molecule has 1 atom stereocenters. The first-order valence-electron chi connectivity index (χ1n) is 10.7. The van der Waals surface area contributed by atoms with Gasteiger partial charge in [-0.3, -0.25) is 9.59 Å². The Labute approximate surface area is 192 Å². The zero-order valence-corrected chi connectivity index (χ0v) is 18.3. The molecule has 1 unspecified atom stereocenters. The third-order valence-electron chi connectivity index (χ3n) is 5.28. The number of methoxy groups -OCH3 is 1. The Hall–Kier alpha value is -4.13. The van der Waals surface area contributed by atoms with Gasteiger partial charge in [-0.25, -0.2) is 4.98 Å². The van der Waals surface area contributed by atoms with Crippen molar-refractivity contribution in [3.05, 3.63) is 96.3 Å². The van der Waals surface area contributed by atoms with Crippen LogP contribution in [0.1, 0.15) is 23.9 Å². The minimum atomic E-state index is -0.495. The second-order valence-corrected chi connectivity index (χ2v) is 7.52. The van der Waals surface area contributed by atoms with Crippen molar-refractivity contribution in [3.8, 4) is 5.75 Å². The second-order valence-electron chi connectivity index (χ2n) is 7.52. The lowest BCUT2D eigenvalue weighted by Crippen LogP contribution is -2.33. The monoisotopic (exact) mass is 443 g/mol. The lowest BCUT2D eigenvalue weighted by atomic mass is 10.0. The highest BCUT2D eigenvalue weighted by Gasteiger charge is 2.21. The van der Waals surface area contributed by atoms with Crippen LogP contribution in [0, 0.1) is 0 Å². The van der Waals surface area contributed by atoms with E-state index in [1.54, 1.807) is 0 Å². The number of hydrogen-bond donors (Lipinski definition) is 1. The molecular formula is C26H25N3O4. The summed E-state index contributed by atoms with van der Waals surface area (Å²) < 4.78 is 12.5. The summed E-state index contributed by atoms with van der Waals surface area (Å²) in [5.74, 6) is 0.730. The summed E-state index contributed by atoms with van der Waals surface area (Å²) in [6.45, 7) is 0.259. The number of benzene rings is 3. The molecule has 4 rings (SSSR count). The number of ether oxygens (including phenoxy) is 2. The van der Waals surface area contributed by atoms with Gasteiger partial charge in [0.05, 0.1) is 30.6 Å². The van der Waals surface area contributed by atoms with Gasteiger partial charge in [0.15, 0.2) is 0 Å². The third kappa shape index (κ3) is 5.57. The van der Waals surface area contributed by atoms with E-state index in [2.05, 4.69) is 10.3 Å². The van der Waals surface area contributed by atoms with E-state index in [0.717, 1.165) is 22.3 Å². The Balaban J connectivity index is 1.55. The van der Waals surface area contributed by atoms with Crippen molar-refractivity contribution >= 4 is 22.9 Å². The normalized spacial score (nSPS) is 11.7. The number of carbonyl (C=O) groups excluding carboxylic acids is 2. The molecule has 33 heavy (non-hydrogen) atoms. The molecule has 0 fully saturated rings. The van der Waals surface area contributed by atoms with E-state index in [-0.39, 0.29) is 25.5 Å². The molecule has 168 valence electrons. The standard InChI is InChI=1S/C26H25N3O4/c1-32-26(31)16-22(19-10-4-2-5-11-19)28-25(30)17-29-23-15-9-8-14-21(23)27-24(29)18-33-20-12-6-3-7-13-20/h2-15,22H,16-18H2,1H3,(H,28,30). The molecule has 1 aromatic heterocycles. The highest BCUT2D eigenvalue weighted by Crippen LogP contribution is 2.20. The van der Waals surface area contributed by atoms with Gasteiger partial charge in [0.2, 0.25) is 5.91 Å². The molecule has 0 spiro atoms. The number of aromatic nitrogens is 2. The summed E-state index contributed by atoms with van der Waals surface area (Å²) in [5.41, 5.74) is 2.45. The van der Waals surface area contributed by atoms with Crippen molar-refractivity contribution in [3.63, 3.8) is 0 Å². The van der Waals surface area contributed by atoms with Crippen LogP contribution in [0.4, 0.5) is 0 Å². The molecule has 0 aliphatic carbocycles. The largest absolute Gasteiger partial charge is 0.486 e. The Morgan fingerprint density at radius 3 is 2.33 bits per heavy atom. The first-order valence-corrected chi connectivity index (χ1v) is 10.7. The fourth-order valence-corrected chi connectivity index (χ4v) is 3.65. The summed E-state index contributed by atoms with van der Waals surface area (Å²) in [6, 6.07) is 26.0. The molecule has 0 radical (unpaired) electrons. The molecule has 3 aromatic carbocycles. The van der Waals surface area contributed by atoms with Crippen LogP contribution in [0.25, 0.3) is 11.0 Å². The molecule has 0 saturated carbocycles. The summed E-state index contributed by atoms with van der Waals surface area (Å²) in [7, 11) is 1.34. The van der Waals surface area contributed by atoms with Gasteiger partial charge in [-0.15, -0.1) is 0 Å². The van der Waals surface area contributed by atoms with Crippen LogP contribution >= 0.6 is 0 Å². The fraction of sp³-hybridized carbons (Fsp3) is 0.192. The number of nitrogens with one attached hydrogen (secondary N) is 1. The molecular weight excluding hydrogens is 418 g/mol. The predicted molar refractivity (Wildman–Crippen MR) is 124 cm³/mol. The fourth-order valence-electron chi connectivity index (χ4n) is 3.65. The molecule has 1 N–H and O–H groups in total. The minimum Gasteiger partial charge on any atom is -0.486 e. The molecule has 0 aliphatic heterocycles. The number of nitrogens with zero attached hydrogens (tertiary/aromatic N) is 2. The van der Waals surface area contributed by atoms with Crippen molar-refractivity contribution in [2.75, 3.05) is 7.11 Å². The Morgan fingerprint density at radius 2 is 1.61 bits per heavy atom. The summed E-state index contributed by atoms with van der Waals surface area (Å²) >= 11 is 0. The lowest BCUT2D eigenvalue weighted by molar-refractivity contribution is -0.141. The Bertz CT molecular complexity index is 1220. The highest BCUT2D eigenvalue weighted by atomic mass is 16.5. The zero-order valence-electron chi connectivity index (χ0n) is 18.3. The molecule has 7 heteroatoms.